The minimum absolute atomic E-state index is 0.552. The molecule has 0 unspecified atom stereocenters. The van der Waals surface area contributed by atoms with Crippen LogP contribution in [0.25, 0.3) is 26.6 Å². The molecule has 0 aliphatic carbocycles. The van der Waals surface area contributed by atoms with Crippen molar-refractivity contribution in [2.24, 2.45) is 5.73 Å². The zero-order valence-corrected chi connectivity index (χ0v) is 11.5. The number of rotatable bonds is 2. The second-order valence-corrected chi connectivity index (χ2v) is 5.62. The molecule has 0 aliphatic heterocycles. The lowest BCUT2D eigenvalue weighted by molar-refractivity contribution is 1.07. The summed E-state index contributed by atoms with van der Waals surface area (Å²) in [5, 5.41) is 8.60. The molecule has 20 heavy (non-hydrogen) atoms. The Labute approximate surface area is 119 Å². The number of hydrogen-bond donors (Lipinski definition) is 1. The molecule has 98 valence electrons. The number of hydrogen-bond acceptors (Lipinski definition) is 4. The second kappa shape index (κ2) is 4.40. The predicted octanol–water partition coefficient (Wildman–Crippen LogP) is 3.07. The van der Waals surface area contributed by atoms with Crippen LogP contribution in [0.5, 0.6) is 0 Å². The number of benzene rings is 2. The minimum Gasteiger partial charge on any atom is -0.326 e. The monoisotopic (exact) mass is 280 g/mol. The van der Waals surface area contributed by atoms with Crippen molar-refractivity contribution in [1.29, 1.82) is 0 Å². The third-order valence-electron chi connectivity index (χ3n) is 3.39. The van der Waals surface area contributed by atoms with Crippen LogP contribution >= 0.6 is 11.3 Å². The summed E-state index contributed by atoms with van der Waals surface area (Å²) in [5.41, 5.74) is 8.95. The van der Waals surface area contributed by atoms with E-state index in [0.29, 0.717) is 6.54 Å². The molecule has 4 nitrogen and oxygen atoms in total. The lowest BCUT2D eigenvalue weighted by Gasteiger charge is -2.01. The van der Waals surface area contributed by atoms with E-state index in [-0.39, 0.29) is 0 Å². The standard InChI is InChI=1S/C15H12N4S/c16-9-10-5-7-11(8-6-10)14-17-18-15-19(14)12-3-1-2-4-13(12)20-15/h1-8H,9,16H2. The molecule has 0 saturated heterocycles. The van der Waals surface area contributed by atoms with Crippen LogP contribution < -0.4 is 5.73 Å². The van der Waals surface area contributed by atoms with E-state index in [9.17, 15) is 0 Å². The molecule has 2 aromatic heterocycles. The quantitative estimate of drug-likeness (QED) is 0.614. The first-order valence-corrected chi connectivity index (χ1v) is 7.20. The van der Waals surface area contributed by atoms with Crippen LogP contribution in [0.15, 0.2) is 48.5 Å². The highest BCUT2D eigenvalue weighted by Crippen LogP contribution is 2.29. The number of aromatic nitrogens is 3. The molecule has 0 bridgehead atoms. The summed E-state index contributed by atoms with van der Waals surface area (Å²) < 4.78 is 3.33. The molecule has 2 aromatic carbocycles. The molecule has 5 heteroatoms. The fourth-order valence-electron chi connectivity index (χ4n) is 2.36. The van der Waals surface area contributed by atoms with Gasteiger partial charge in [-0.3, -0.25) is 4.40 Å². The van der Waals surface area contributed by atoms with Gasteiger partial charge in [-0.2, -0.15) is 0 Å². The zero-order valence-electron chi connectivity index (χ0n) is 10.7. The molecule has 0 radical (unpaired) electrons. The Morgan fingerprint density at radius 2 is 1.80 bits per heavy atom. The van der Waals surface area contributed by atoms with Crippen molar-refractivity contribution in [3.63, 3.8) is 0 Å². The highest BCUT2D eigenvalue weighted by molar-refractivity contribution is 7.23. The summed E-state index contributed by atoms with van der Waals surface area (Å²) in [6.07, 6.45) is 0. The number of nitrogens with zero attached hydrogens (tertiary/aromatic N) is 3. The number of fused-ring (bicyclic) bond motifs is 3. The van der Waals surface area contributed by atoms with Gasteiger partial charge in [0.25, 0.3) is 0 Å². The molecule has 0 saturated carbocycles. The Kier molecular flexibility index (Phi) is 2.55. The van der Waals surface area contributed by atoms with E-state index in [4.69, 9.17) is 5.73 Å². The van der Waals surface area contributed by atoms with Gasteiger partial charge in [0.05, 0.1) is 10.2 Å². The van der Waals surface area contributed by atoms with E-state index in [2.05, 4.69) is 26.7 Å². The molecule has 0 amide bonds. The van der Waals surface area contributed by atoms with Crippen LogP contribution in [-0.2, 0) is 6.54 Å². The van der Waals surface area contributed by atoms with Gasteiger partial charge in [0.2, 0.25) is 4.96 Å². The van der Waals surface area contributed by atoms with Crippen molar-refractivity contribution >= 4 is 26.5 Å². The molecular formula is C15H12N4S. The van der Waals surface area contributed by atoms with Gasteiger partial charge in [-0.15, -0.1) is 10.2 Å². The van der Waals surface area contributed by atoms with Crippen molar-refractivity contribution in [3.8, 4) is 11.4 Å². The van der Waals surface area contributed by atoms with E-state index in [1.807, 2.05) is 36.4 Å². The number of thiazole rings is 1. The highest BCUT2D eigenvalue weighted by atomic mass is 32.1. The molecule has 2 N–H and O–H groups in total. The van der Waals surface area contributed by atoms with Gasteiger partial charge in [0.15, 0.2) is 5.82 Å². The number of nitrogens with two attached hydrogens (primary N) is 1. The summed E-state index contributed by atoms with van der Waals surface area (Å²) in [6.45, 7) is 0.552. The maximum absolute atomic E-state index is 5.64. The van der Waals surface area contributed by atoms with E-state index in [0.717, 1.165) is 27.4 Å². The van der Waals surface area contributed by atoms with Crippen molar-refractivity contribution in [2.45, 2.75) is 6.54 Å². The van der Waals surface area contributed by atoms with E-state index < -0.39 is 0 Å². The fraction of sp³-hybridized carbons (Fsp3) is 0.0667. The van der Waals surface area contributed by atoms with Crippen LogP contribution in [0.3, 0.4) is 0 Å². The Bertz CT molecular complexity index is 889. The Morgan fingerprint density at radius 3 is 2.60 bits per heavy atom. The zero-order chi connectivity index (χ0) is 13.5. The van der Waals surface area contributed by atoms with Crippen LogP contribution in [0.1, 0.15) is 5.56 Å². The van der Waals surface area contributed by atoms with Crippen molar-refractivity contribution in [1.82, 2.24) is 14.6 Å². The largest absolute Gasteiger partial charge is 0.326 e. The average Bonchev–Trinajstić information content (AvgIpc) is 3.06. The Hall–Kier alpha value is -2.24. The first-order valence-electron chi connectivity index (χ1n) is 6.39. The molecule has 0 aliphatic rings. The van der Waals surface area contributed by atoms with Gasteiger partial charge >= 0.3 is 0 Å². The molecular weight excluding hydrogens is 268 g/mol. The molecule has 0 spiro atoms. The molecule has 0 fully saturated rings. The smallest absolute Gasteiger partial charge is 0.217 e. The summed E-state index contributed by atoms with van der Waals surface area (Å²) in [6, 6.07) is 16.4. The van der Waals surface area contributed by atoms with Crippen LogP contribution in [0.2, 0.25) is 0 Å². The van der Waals surface area contributed by atoms with Gasteiger partial charge in [-0.05, 0) is 17.7 Å². The number of para-hydroxylation sites is 1. The second-order valence-electron chi connectivity index (χ2n) is 4.61. The summed E-state index contributed by atoms with van der Waals surface area (Å²) in [5.74, 6) is 0.876. The Morgan fingerprint density at radius 1 is 1.00 bits per heavy atom. The van der Waals surface area contributed by atoms with Crippen molar-refractivity contribution < 1.29 is 0 Å². The third-order valence-corrected chi connectivity index (χ3v) is 4.40. The first kappa shape index (κ1) is 11.6. The third kappa shape index (κ3) is 1.64. The Balaban J connectivity index is 1.98. The van der Waals surface area contributed by atoms with Gasteiger partial charge in [-0.25, -0.2) is 0 Å². The minimum atomic E-state index is 0.552. The van der Waals surface area contributed by atoms with Gasteiger partial charge < -0.3 is 5.73 Å². The van der Waals surface area contributed by atoms with Crippen LogP contribution in [-0.4, -0.2) is 14.6 Å². The maximum Gasteiger partial charge on any atom is 0.217 e. The maximum atomic E-state index is 5.64. The van der Waals surface area contributed by atoms with Crippen LogP contribution in [0, 0.1) is 0 Å². The molecule has 0 atom stereocenters. The highest BCUT2D eigenvalue weighted by Gasteiger charge is 2.13. The van der Waals surface area contributed by atoms with E-state index in [1.54, 1.807) is 11.3 Å². The van der Waals surface area contributed by atoms with Gasteiger partial charge in [0, 0.05) is 12.1 Å². The van der Waals surface area contributed by atoms with Gasteiger partial charge in [0.1, 0.15) is 0 Å². The average molecular weight is 280 g/mol. The lowest BCUT2D eigenvalue weighted by Crippen LogP contribution is -1.95. The molecule has 4 aromatic rings. The first-order chi connectivity index (χ1) is 9.86. The molecule has 4 rings (SSSR count). The van der Waals surface area contributed by atoms with Crippen molar-refractivity contribution in [2.75, 3.05) is 0 Å². The fourth-order valence-corrected chi connectivity index (χ4v) is 3.32. The van der Waals surface area contributed by atoms with Crippen LogP contribution in [0.4, 0.5) is 0 Å². The topological polar surface area (TPSA) is 56.2 Å². The molecule has 2 heterocycles. The van der Waals surface area contributed by atoms with Crippen molar-refractivity contribution in [3.05, 3.63) is 54.1 Å². The summed E-state index contributed by atoms with van der Waals surface area (Å²) in [4.78, 5) is 0.920. The van der Waals surface area contributed by atoms with E-state index in [1.165, 1.54) is 4.70 Å². The normalized spacial score (nSPS) is 11.4. The lowest BCUT2D eigenvalue weighted by atomic mass is 10.1. The summed E-state index contributed by atoms with van der Waals surface area (Å²) >= 11 is 1.65. The van der Waals surface area contributed by atoms with Gasteiger partial charge in [-0.1, -0.05) is 47.7 Å². The summed E-state index contributed by atoms with van der Waals surface area (Å²) in [7, 11) is 0. The SMILES string of the molecule is NCc1ccc(-c2nnc3sc4ccccc4n23)cc1. The predicted molar refractivity (Wildman–Crippen MR) is 81.7 cm³/mol. The van der Waals surface area contributed by atoms with E-state index >= 15 is 0 Å².